The van der Waals surface area contributed by atoms with Crippen LogP contribution in [0.5, 0.6) is 0 Å². The summed E-state index contributed by atoms with van der Waals surface area (Å²) >= 11 is 0. The number of carbonyl (C=O) groups is 1. The first kappa shape index (κ1) is 31.1. The standard InChI is InChI=1S/C29H33F2N7O.C2H6/c1-19(33-27-7-6-23(30)12-21(27)16-32)25-14-24(31)13-22(18-39)26(25)15-29(35(3)4)38-10-8-37(9-11-38)28-17-36(5)34-20(28)2;1-2/h6-7,12-15,17-19,33H,8-11H2,1-5H3;1-2H3/b29-15+;/t19-;/m1./s1. The van der Waals surface area contributed by atoms with Gasteiger partial charge in [0.1, 0.15) is 23.5 Å². The number of aldehydes is 1. The maximum Gasteiger partial charge on any atom is 0.150 e. The summed E-state index contributed by atoms with van der Waals surface area (Å²) in [5, 5.41) is 17.1. The summed E-state index contributed by atoms with van der Waals surface area (Å²) in [4.78, 5) is 18.6. The predicted molar refractivity (Wildman–Crippen MR) is 160 cm³/mol. The number of nitrogens with zero attached hydrogens (tertiary/aromatic N) is 6. The number of hydrogen-bond acceptors (Lipinski definition) is 7. The number of nitriles is 1. The third-order valence-electron chi connectivity index (χ3n) is 6.94. The highest BCUT2D eigenvalue weighted by Crippen LogP contribution is 2.30. The van der Waals surface area contributed by atoms with Crippen LogP contribution in [0.2, 0.25) is 0 Å². The molecule has 1 aliphatic rings. The van der Waals surface area contributed by atoms with Crippen molar-refractivity contribution in [2.45, 2.75) is 33.7 Å². The first-order chi connectivity index (χ1) is 19.6. The van der Waals surface area contributed by atoms with E-state index in [2.05, 4.69) is 20.2 Å². The number of rotatable bonds is 8. The summed E-state index contributed by atoms with van der Waals surface area (Å²) in [7, 11) is 5.79. The highest BCUT2D eigenvalue weighted by molar-refractivity contribution is 5.84. The van der Waals surface area contributed by atoms with Gasteiger partial charge in [0, 0.05) is 65.1 Å². The van der Waals surface area contributed by atoms with Crippen LogP contribution in [0.15, 0.2) is 42.3 Å². The SMILES string of the molecule is CC.Cc1nn(C)cc1N1CCN(/C(=C/c2c(C=O)cc(F)cc2[C@@H](C)Nc2ccc(F)cc2C#N)N(C)C)CC1. The van der Waals surface area contributed by atoms with Gasteiger partial charge in [-0.3, -0.25) is 9.48 Å². The van der Waals surface area contributed by atoms with Crippen LogP contribution in [0.4, 0.5) is 20.2 Å². The van der Waals surface area contributed by atoms with Gasteiger partial charge in [-0.25, -0.2) is 8.78 Å². The van der Waals surface area contributed by atoms with Crippen molar-refractivity contribution < 1.29 is 13.6 Å². The van der Waals surface area contributed by atoms with E-state index in [0.29, 0.717) is 23.1 Å². The van der Waals surface area contributed by atoms with Crippen molar-refractivity contribution in [2.24, 2.45) is 7.05 Å². The predicted octanol–water partition coefficient (Wildman–Crippen LogP) is 5.57. The summed E-state index contributed by atoms with van der Waals surface area (Å²) in [5.74, 6) is -0.165. The molecule has 2 aromatic carbocycles. The molecule has 218 valence electrons. The van der Waals surface area contributed by atoms with Crippen LogP contribution >= 0.6 is 0 Å². The second-order valence-corrected chi connectivity index (χ2v) is 9.93. The number of carbonyl (C=O) groups excluding carboxylic acids is 1. The van der Waals surface area contributed by atoms with Gasteiger partial charge in [-0.05, 0) is 61.4 Å². The molecule has 8 nitrogen and oxygen atoms in total. The molecule has 4 rings (SSSR count). The van der Waals surface area contributed by atoms with Gasteiger partial charge in [0.2, 0.25) is 0 Å². The van der Waals surface area contributed by atoms with Gasteiger partial charge in [0.05, 0.1) is 22.6 Å². The summed E-state index contributed by atoms with van der Waals surface area (Å²) < 4.78 is 30.1. The first-order valence-corrected chi connectivity index (χ1v) is 13.7. The van der Waals surface area contributed by atoms with Crippen LogP contribution in [0.3, 0.4) is 0 Å². The van der Waals surface area contributed by atoms with E-state index < -0.39 is 17.7 Å². The number of aryl methyl sites for hydroxylation is 2. The molecule has 1 N–H and O–H groups in total. The molecule has 10 heteroatoms. The largest absolute Gasteiger partial charge is 0.377 e. The lowest BCUT2D eigenvalue weighted by Gasteiger charge is -2.40. The number of benzene rings is 2. The van der Waals surface area contributed by atoms with Gasteiger partial charge >= 0.3 is 0 Å². The van der Waals surface area contributed by atoms with E-state index in [1.807, 2.05) is 76.8 Å². The zero-order valence-electron chi connectivity index (χ0n) is 24.9. The lowest BCUT2D eigenvalue weighted by molar-refractivity contribution is 0.112. The number of piperazine rings is 1. The third kappa shape index (κ3) is 7.23. The Labute approximate surface area is 241 Å². The topological polar surface area (TPSA) is 80.4 Å². The Morgan fingerprint density at radius 2 is 1.80 bits per heavy atom. The van der Waals surface area contributed by atoms with Crippen LogP contribution in [0.25, 0.3) is 6.08 Å². The molecule has 1 saturated heterocycles. The maximum atomic E-state index is 14.6. The first-order valence-electron chi connectivity index (χ1n) is 13.7. The van der Waals surface area contributed by atoms with E-state index in [0.717, 1.165) is 49.4 Å². The molecule has 0 saturated carbocycles. The molecule has 0 unspecified atom stereocenters. The van der Waals surface area contributed by atoms with Gasteiger partial charge < -0.3 is 20.0 Å². The van der Waals surface area contributed by atoms with Crippen LogP contribution in [-0.2, 0) is 7.05 Å². The van der Waals surface area contributed by atoms with Crippen molar-refractivity contribution >= 4 is 23.7 Å². The number of anilines is 2. The fourth-order valence-corrected chi connectivity index (χ4v) is 5.04. The molecule has 0 amide bonds. The van der Waals surface area contributed by atoms with E-state index in [-0.39, 0.29) is 11.1 Å². The van der Waals surface area contributed by atoms with Gasteiger partial charge in [0.25, 0.3) is 0 Å². The maximum absolute atomic E-state index is 14.6. The van der Waals surface area contributed by atoms with Crippen molar-refractivity contribution in [1.82, 2.24) is 19.6 Å². The summed E-state index contributed by atoms with van der Waals surface area (Å²) in [6, 6.07) is 8.00. The third-order valence-corrected chi connectivity index (χ3v) is 6.94. The van der Waals surface area contributed by atoms with E-state index in [4.69, 9.17) is 0 Å². The minimum atomic E-state index is -0.538. The number of nitrogens with one attached hydrogen (secondary N) is 1. The summed E-state index contributed by atoms with van der Waals surface area (Å²) in [5.41, 5.74) is 4.03. The highest BCUT2D eigenvalue weighted by atomic mass is 19.1. The van der Waals surface area contributed by atoms with Gasteiger partial charge in [-0.2, -0.15) is 10.4 Å². The van der Waals surface area contributed by atoms with Crippen molar-refractivity contribution in [3.8, 4) is 6.07 Å². The molecule has 0 spiro atoms. The summed E-state index contributed by atoms with van der Waals surface area (Å²) in [6.45, 7) is 10.9. The zero-order chi connectivity index (χ0) is 30.3. The Morgan fingerprint density at radius 1 is 1.12 bits per heavy atom. The monoisotopic (exact) mass is 563 g/mol. The second-order valence-electron chi connectivity index (χ2n) is 9.93. The van der Waals surface area contributed by atoms with E-state index >= 15 is 0 Å². The number of halogens is 2. The number of hydrogen-bond donors (Lipinski definition) is 1. The molecule has 0 bridgehead atoms. The van der Waals surface area contributed by atoms with E-state index in [9.17, 15) is 18.8 Å². The smallest absolute Gasteiger partial charge is 0.150 e. The summed E-state index contributed by atoms with van der Waals surface area (Å²) in [6.07, 6.45) is 4.60. The molecule has 1 fully saturated rings. The molecular weight excluding hydrogens is 524 g/mol. The van der Waals surface area contributed by atoms with Crippen LogP contribution < -0.4 is 10.2 Å². The lowest BCUT2D eigenvalue weighted by Crippen LogP contribution is -2.48. The molecule has 0 aliphatic carbocycles. The van der Waals surface area contributed by atoms with Crippen molar-refractivity contribution in [1.29, 1.82) is 5.26 Å². The van der Waals surface area contributed by atoms with Crippen molar-refractivity contribution in [2.75, 3.05) is 50.5 Å². The van der Waals surface area contributed by atoms with Gasteiger partial charge in [-0.1, -0.05) is 13.8 Å². The molecule has 41 heavy (non-hydrogen) atoms. The molecule has 1 atom stereocenters. The highest BCUT2D eigenvalue weighted by Gasteiger charge is 2.24. The molecular formula is C31H39F2N7O. The van der Waals surface area contributed by atoms with Crippen LogP contribution in [0.1, 0.15) is 59.6 Å². The Kier molecular flexibility index (Phi) is 10.5. The molecule has 0 radical (unpaired) electrons. The molecule has 2 heterocycles. The minimum Gasteiger partial charge on any atom is -0.377 e. The van der Waals surface area contributed by atoms with Crippen molar-refractivity contribution in [3.05, 3.63) is 81.9 Å². The molecule has 3 aromatic rings. The molecule has 1 aliphatic heterocycles. The average molecular weight is 564 g/mol. The van der Waals surface area contributed by atoms with E-state index in [1.54, 1.807) is 0 Å². The Hall–Kier alpha value is -4.39. The lowest BCUT2D eigenvalue weighted by atomic mass is 9.95. The quantitative estimate of drug-likeness (QED) is 0.359. The molecule has 1 aromatic heterocycles. The van der Waals surface area contributed by atoms with Crippen molar-refractivity contribution in [3.63, 3.8) is 0 Å². The fraction of sp³-hybridized carbons (Fsp3) is 0.387. The average Bonchev–Trinajstić information content (AvgIpc) is 3.31. The van der Waals surface area contributed by atoms with Crippen LogP contribution in [0, 0.1) is 29.9 Å². The Balaban J connectivity index is 0.00000226. The van der Waals surface area contributed by atoms with Gasteiger partial charge in [-0.15, -0.1) is 0 Å². The van der Waals surface area contributed by atoms with Crippen LogP contribution in [-0.4, -0.2) is 66.1 Å². The number of aromatic nitrogens is 2. The second kappa shape index (κ2) is 13.8. The Bertz CT molecular complexity index is 1430. The normalized spacial score (nSPS) is 14.1. The zero-order valence-corrected chi connectivity index (χ0v) is 24.9. The minimum absolute atomic E-state index is 0.140. The fourth-order valence-electron chi connectivity index (χ4n) is 5.04. The van der Waals surface area contributed by atoms with E-state index in [1.165, 1.54) is 24.3 Å². The van der Waals surface area contributed by atoms with Gasteiger partial charge in [0.15, 0.2) is 6.29 Å². The Morgan fingerprint density at radius 3 is 2.37 bits per heavy atom.